The second-order valence-electron chi connectivity index (χ2n) is 4.38. The summed E-state index contributed by atoms with van der Waals surface area (Å²) in [4.78, 5) is 0. The average molecular weight is 249 g/mol. The third-order valence-corrected chi connectivity index (χ3v) is 4.39. The van der Waals surface area contributed by atoms with Crippen molar-refractivity contribution in [1.29, 1.82) is 0 Å². The molecule has 0 amide bonds. The van der Waals surface area contributed by atoms with E-state index in [1.165, 1.54) is 28.4 Å². The third-order valence-electron chi connectivity index (χ3n) is 3.48. The molecule has 3 rings (SSSR count). The molecule has 14 heavy (non-hydrogen) atoms. The van der Waals surface area contributed by atoms with Gasteiger partial charge in [-0.2, -0.15) is 0 Å². The molecule has 0 N–H and O–H groups in total. The zero-order valence-corrected chi connectivity index (χ0v) is 9.89. The predicted molar refractivity (Wildman–Crippen MR) is 63.6 cm³/mol. The van der Waals surface area contributed by atoms with E-state index >= 15 is 0 Å². The van der Waals surface area contributed by atoms with Gasteiger partial charge in [-0.05, 0) is 47.4 Å². The molecule has 1 atom stereocenters. The number of aryl methyl sites for hydroxylation is 1. The molecule has 72 valence electrons. The number of hydrogen-bond donors (Lipinski definition) is 0. The monoisotopic (exact) mass is 248 g/mol. The molecule has 0 saturated heterocycles. The molecule has 1 aromatic carbocycles. The Balaban J connectivity index is 2.28. The predicted octanol–water partition coefficient (Wildman–Crippen LogP) is 4.07. The molecule has 0 nitrogen and oxygen atoms in total. The first-order valence-electron chi connectivity index (χ1n) is 5.28. The second kappa shape index (κ2) is 2.96. The van der Waals surface area contributed by atoms with Crippen molar-refractivity contribution in [3.8, 4) is 0 Å². The number of halogens is 1. The van der Waals surface area contributed by atoms with Crippen LogP contribution in [0.4, 0.5) is 0 Å². The Bertz CT molecular complexity index is 429. The highest BCUT2D eigenvalue weighted by atomic mass is 79.9. The fourth-order valence-corrected chi connectivity index (χ4v) is 3.73. The van der Waals surface area contributed by atoms with Gasteiger partial charge in [-0.15, -0.1) is 0 Å². The maximum absolute atomic E-state index is 3.78. The lowest BCUT2D eigenvalue weighted by molar-refractivity contribution is 0.744. The molecule has 0 aromatic heterocycles. The number of rotatable bonds is 0. The van der Waals surface area contributed by atoms with E-state index in [1.54, 1.807) is 11.1 Å². The van der Waals surface area contributed by atoms with E-state index in [1.807, 2.05) is 0 Å². The van der Waals surface area contributed by atoms with Gasteiger partial charge in [0.1, 0.15) is 0 Å². The summed E-state index contributed by atoms with van der Waals surface area (Å²) in [6, 6.07) is 2.39. The van der Waals surface area contributed by atoms with E-state index in [4.69, 9.17) is 0 Å². The Hall–Kier alpha value is -0.560. The minimum Gasteiger partial charge on any atom is -0.0795 e. The number of allylic oxidation sites excluding steroid dienone is 1. The number of benzene rings is 1. The van der Waals surface area contributed by atoms with Gasteiger partial charge in [0.05, 0.1) is 0 Å². The molecule has 2 aliphatic carbocycles. The van der Waals surface area contributed by atoms with Crippen LogP contribution in [0.3, 0.4) is 0 Å². The molecule has 0 radical (unpaired) electrons. The average Bonchev–Trinajstić information content (AvgIpc) is 2.74. The molecule has 0 spiro atoms. The van der Waals surface area contributed by atoms with Crippen LogP contribution in [0, 0.1) is 0 Å². The Morgan fingerprint density at radius 3 is 3.14 bits per heavy atom. The van der Waals surface area contributed by atoms with Gasteiger partial charge in [0.25, 0.3) is 0 Å². The van der Waals surface area contributed by atoms with Crippen LogP contribution in [0.5, 0.6) is 0 Å². The topological polar surface area (TPSA) is 0 Å². The zero-order chi connectivity index (χ0) is 9.71. The van der Waals surface area contributed by atoms with Gasteiger partial charge in [0, 0.05) is 4.47 Å². The van der Waals surface area contributed by atoms with Gasteiger partial charge >= 0.3 is 0 Å². The highest BCUT2D eigenvalue weighted by Crippen LogP contribution is 2.42. The van der Waals surface area contributed by atoms with E-state index in [2.05, 4.69) is 41.1 Å². The van der Waals surface area contributed by atoms with Crippen molar-refractivity contribution in [2.75, 3.05) is 0 Å². The molecule has 0 fully saturated rings. The standard InChI is InChI=1S/C13H13Br/c1-8-5-6-10-7-9-3-2-4-11(9)13(14)12(8)10/h2-3,7-8H,4-6H2,1H3. The highest BCUT2D eigenvalue weighted by Gasteiger charge is 2.25. The van der Waals surface area contributed by atoms with Crippen LogP contribution in [-0.2, 0) is 12.8 Å². The summed E-state index contributed by atoms with van der Waals surface area (Å²) < 4.78 is 1.39. The van der Waals surface area contributed by atoms with Crippen LogP contribution >= 0.6 is 15.9 Å². The summed E-state index contributed by atoms with van der Waals surface area (Å²) in [5.74, 6) is 0.741. The van der Waals surface area contributed by atoms with Crippen LogP contribution in [0.2, 0.25) is 0 Å². The van der Waals surface area contributed by atoms with Crippen LogP contribution in [0.15, 0.2) is 16.6 Å². The van der Waals surface area contributed by atoms with Gasteiger partial charge in [0.15, 0.2) is 0 Å². The lowest BCUT2D eigenvalue weighted by Crippen LogP contribution is -1.94. The van der Waals surface area contributed by atoms with Crippen molar-refractivity contribution in [3.05, 3.63) is 38.9 Å². The molecule has 0 bridgehead atoms. The van der Waals surface area contributed by atoms with Crippen molar-refractivity contribution in [3.63, 3.8) is 0 Å². The largest absolute Gasteiger partial charge is 0.0795 e. The van der Waals surface area contributed by atoms with Gasteiger partial charge in [0.2, 0.25) is 0 Å². The van der Waals surface area contributed by atoms with Crippen LogP contribution in [-0.4, -0.2) is 0 Å². The van der Waals surface area contributed by atoms with Gasteiger partial charge in [-0.1, -0.05) is 41.1 Å². The smallest absolute Gasteiger partial charge is 0.0253 e. The molecule has 0 aliphatic heterocycles. The first-order chi connectivity index (χ1) is 6.77. The second-order valence-corrected chi connectivity index (χ2v) is 5.17. The Morgan fingerprint density at radius 2 is 2.29 bits per heavy atom. The molecular formula is C13H13Br. The normalized spacial score (nSPS) is 22.6. The quantitative estimate of drug-likeness (QED) is 0.650. The van der Waals surface area contributed by atoms with Gasteiger partial charge < -0.3 is 0 Å². The Morgan fingerprint density at radius 1 is 1.43 bits per heavy atom. The minimum absolute atomic E-state index is 0.741. The van der Waals surface area contributed by atoms with E-state index in [9.17, 15) is 0 Å². The highest BCUT2D eigenvalue weighted by molar-refractivity contribution is 9.10. The number of hydrogen-bond acceptors (Lipinski definition) is 0. The van der Waals surface area contributed by atoms with E-state index < -0.39 is 0 Å². The van der Waals surface area contributed by atoms with Gasteiger partial charge in [-0.25, -0.2) is 0 Å². The Kier molecular flexibility index (Phi) is 1.85. The van der Waals surface area contributed by atoms with E-state index in [0.717, 1.165) is 12.3 Å². The summed E-state index contributed by atoms with van der Waals surface area (Å²) >= 11 is 3.78. The number of fused-ring (bicyclic) bond motifs is 2. The lowest BCUT2D eigenvalue weighted by atomic mass is 9.98. The summed E-state index contributed by atoms with van der Waals surface area (Å²) in [7, 11) is 0. The summed E-state index contributed by atoms with van der Waals surface area (Å²) in [6.45, 7) is 2.34. The van der Waals surface area contributed by atoms with Crippen LogP contribution in [0.25, 0.3) is 6.08 Å². The molecule has 1 unspecified atom stereocenters. The van der Waals surface area contributed by atoms with E-state index in [0.29, 0.717) is 0 Å². The van der Waals surface area contributed by atoms with Crippen LogP contribution < -0.4 is 0 Å². The zero-order valence-electron chi connectivity index (χ0n) is 8.31. The molecule has 1 heteroatoms. The van der Waals surface area contributed by atoms with Gasteiger partial charge in [-0.3, -0.25) is 0 Å². The fourth-order valence-electron chi connectivity index (χ4n) is 2.70. The molecular weight excluding hydrogens is 236 g/mol. The minimum atomic E-state index is 0.741. The molecule has 0 heterocycles. The first-order valence-corrected chi connectivity index (χ1v) is 6.07. The fraction of sp³-hybridized carbons (Fsp3) is 0.385. The van der Waals surface area contributed by atoms with Crippen molar-refractivity contribution >= 4 is 22.0 Å². The lowest BCUT2D eigenvalue weighted by Gasteiger charge is -2.12. The first kappa shape index (κ1) is 8.72. The molecule has 1 aromatic rings. The summed E-state index contributed by atoms with van der Waals surface area (Å²) in [5.41, 5.74) is 6.07. The molecule has 0 saturated carbocycles. The van der Waals surface area contributed by atoms with Crippen molar-refractivity contribution in [2.45, 2.75) is 32.1 Å². The Labute approximate surface area is 93.2 Å². The summed E-state index contributed by atoms with van der Waals surface area (Å²) in [5, 5.41) is 0. The SMILES string of the molecule is CC1CCc2cc3c(c(Br)c21)CC=C3. The molecule has 2 aliphatic rings. The maximum atomic E-state index is 3.78. The van der Waals surface area contributed by atoms with Crippen LogP contribution in [0.1, 0.15) is 41.5 Å². The third kappa shape index (κ3) is 1.05. The maximum Gasteiger partial charge on any atom is 0.0253 e. The summed E-state index contributed by atoms with van der Waals surface area (Å²) in [6.07, 6.45) is 8.20. The van der Waals surface area contributed by atoms with Crippen molar-refractivity contribution < 1.29 is 0 Å². The van der Waals surface area contributed by atoms with Crippen molar-refractivity contribution in [2.24, 2.45) is 0 Å². The van der Waals surface area contributed by atoms with E-state index in [-0.39, 0.29) is 0 Å². The van der Waals surface area contributed by atoms with Crippen molar-refractivity contribution in [1.82, 2.24) is 0 Å².